The number of carbonyl (C=O) groups is 3. The van der Waals surface area contributed by atoms with Gasteiger partial charge in [-0.1, -0.05) is 6.92 Å². The third-order valence-corrected chi connectivity index (χ3v) is 4.79. The Balaban J connectivity index is 2.43. The molecule has 0 saturated heterocycles. The Labute approximate surface area is 135 Å². The molecule has 0 amide bonds. The van der Waals surface area contributed by atoms with Crippen molar-refractivity contribution >= 4 is 17.7 Å². The second kappa shape index (κ2) is 6.98. The van der Waals surface area contributed by atoms with Crippen molar-refractivity contribution in [3.63, 3.8) is 0 Å². The number of nitrogens with zero attached hydrogens (tertiary/aromatic N) is 1. The summed E-state index contributed by atoms with van der Waals surface area (Å²) in [5.74, 6) is -3.21. The maximum absolute atomic E-state index is 13.2. The molecule has 0 bridgehead atoms. The topological polar surface area (TPSA) is 74.6 Å². The molecule has 1 fully saturated rings. The van der Waals surface area contributed by atoms with E-state index in [4.69, 9.17) is 0 Å². The first-order valence-corrected chi connectivity index (χ1v) is 7.79. The molecule has 126 valence electrons. The van der Waals surface area contributed by atoms with Crippen molar-refractivity contribution in [2.24, 2.45) is 11.8 Å². The van der Waals surface area contributed by atoms with Crippen LogP contribution in [-0.2, 0) is 29.4 Å². The summed E-state index contributed by atoms with van der Waals surface area (Å²) in [6, 6.07) is 3.66. The lowest BCUT2D eigenvalue weighted by molar-refractivity contribution is -0.164. The first kappa shape index (κ1) is 17.2. The molecule has 0 unspecified atom stereocenters. The summed E-state index contributed by atoms with van der Waals surface area (Å²) < 4.78 is 11.1. The zero-order valence-corrected chi connectivity index (χ0v) is 13.8. The first-order valence-electron chi connectivity index (χ1n) is 7.79. The molecule has 6 heteroatoms. The zero-order chi connectivity index (χ0) is 17.0. The van der Waals surface area contributed by atoms with Gasteiger partial charge in [0, 0.05) is 12.4 Å². The van der Waals surface area contributed by atoms with E-state index in [0.29, 0.717) is 18.8 Å². The van der Waals surface area contributed by atoms with Gasteiger partial charge in [-0.25, -0.2) is 0 Å². The highest BCUT2D eigenvalue weighted by Crippen LogP contribution is 2.40. The van der Waals surface area contributed by atoms with Crippen molar-refractivity contribution in [1.82, 2.24) is 4.57 Å². The van der Waals surface area contributed by atoms with Crippen LogP contribution in [-0.4, -0.2) is 36.5 Å². The summed E-state index contributed by atoms with van der Waals surface area (Å²) in [5.41, 5.74) is -0.900. The molecule has 1 saturated carbocycles. The predicted molar refractivity (Wildman–Crippen MR) is 82.6 cm³/mol. The Morgan fingerprint density at radius 1 is 1.04 bits per heavy atom. The molecule has 23 heavy (non-hydrogen) atoms. The first-order chi connectivity index (χ1) is 11.0. The van der Waals surface area contributed by atoms with E-state index in [1.807, 2.05) is 16.7 Å². The molecule has 0 N–H and O–H groups in total. The summed E-state index contributed by atoms with van der Waals surface area (Å²) in [5, 5.41) is 0. The highest BCUT2D eigenvalue weighted by atomic mass is 16.5. The average molecular weight is 321 g/mol. The van der Waals surface area contributed by atoms with E-state index in [1.54, 1.807) is 12.4 Å². The van der Waals surface area contributed by atoms with Crippen molar-refractivity contribution in [2.75, 3.05) is 14.2 Å². The molecule has 6 nitrogen and oxygen atoms in total. The Kier molecular flexibility index (Phi) is 5.23. The van der Waals surface area contributed by atoms with Crippen molar-refractivity contribution in [3.05, 3.63) is 24.5 Å². The fourth-order valence-electron chi connectivity index (χ4n) is 3.31. The Bertz CT molecular complexity index is 554. The molecule has 0 radical (unpaired) electrons. The van der Waals surface area contributed by atoms with Crippen molar-refractivity contribution < 1.29 is 23.9 Å². The fourth-order valence-corrected chi connectivity index (χ4v) is 3.31. The number of ether oxygens (including phenoxy) is 2. The summed E-state index contributed by atoms with van der Waals surface area (Å²) in [4.78, 5) is 37.2. The third kappa shape index (κ3) is 3.16. The van der Waals surface area contributed by atoms with Gasteiger partial charge in [-0.3, -0.25) is 14.4 Å². The molecule has 0 aliphatic heterocycles. The minimum atomic E-state index is -1.54. The fraction of sp³-hybridized carbons (Fsp3) is 0.588. The molecule has 1 heterocycles. The van der Waals surface area contributed by atoms with Gasteiger partial charge in [-0.15, -0.1) is 0 Å². The van der Waals surface area contributed by atoms with Gasteiger partial charge in [0.25, 0.3) is 0 Å². The largest absolute Gasteiger partial charge is 0.468 e. The van der Waals surface area contributed by atoms with Gasteiger partial charge in [0.15, 0.2) is 5.78 Å². The van der Waals surface area contributed by atoms with E-state index in [0.717, 1.165) is 27.1 Å². The molecule has 0 spiro atoms. The number of Topliss-reactive ketones (excluding diaryl/α,β-unsaturated/α-hetero) is 1. The molecule has 1 aliphatic rings. The number of aromatic nitrogens is 1. The van der Waals surface area contributed by atoms with Crippen LogP contribution in [0.5, 0.6) is 0 Å². The maximum atomic E-state index is 13.2. The van der Waals surface area contributed by atoms with Gasteiger partial charge < -0.3 is 14.0 Å². The van der Waals surface area contributed by atoms with Gasteiger partial charge >= 0.3 is 11.9 Å². The summed E-state index contributed by atoms with van der Waals surface area (Å²) >= 11 is 0. The second-order valence-electron chi connectivity index (χ2n) is 6.15. The highest BCUT2D eigenvalue weighted by molar-refractivity contribution is 6.17. The summed E-state index contributed by atoms with van der Waals surface area (Å²) in [7, 11) is 2.33. The lowest BCUT2D eigenvalue weighted by Gasteiger charge is -2.40. The van der Waals surface area contributed by atoms with Crippen LogP contribution in [0.25, 0.3) is 0 Å². The maximum Gasteiger partial charge on any atom is 0.327 e. The molecule has 1 aromatic rings. The van der Waals surface area contributed by atoms with Crippen molar-refractivity contribution in [1.29, 1.82) is 0 Å². The van der Waals surface area contributed by atoms with E-state index in [-0.39, 0.29) is 0 Å². The van der Waals surface area contributed by atoms with Crippen LogP contribution in [0.15, 0.2) is 24.5 Å². The number of rotatable bonds is 5. The molecule has 1 aromatic heterocycles. The van der Waals surface area contributed by atoms with E-state index in [2.05, 4.69) is 16.4 Å². The van der Waals surface area contributed by atoms with Gasteiger partial charge in [0.2, 0.25) is 5.92 Å². The SMILES string of the molecule is COC(=O)C(C(=O)OC)C(=O)[C@]1(n2cccc2)CC[C@@H](C)CC1. The normalized spacial score (nSPS) is 24.3. The minimum Gasteiger partial charge on any atom is -0.468 e. The second-order valence-corrected chi connectivity index (χ2v) is 6.15. The molecule has 0 aromatic carbocycles. The van der Waals surface area contributed by atoms with Gasteiger partial charge in [-0.2, -0.15) is 0 Å². The van der Waals surface area contributed by atoms with Gasteiger partial charge in [-0.05, 0) is 43.7 Å². The lowest BCUT2D eigenvalue weighted by Crippen LogP contribution is -2.51. The number of esters is 2. The molecule has 1 aliphatic carbocycles. The summed E-state index contributed by atoms with van der Waals surface area (Å²) in [6.07, 6.45) is 6.51. The zero-order valence-electron chi connectivity index (χ0n) is 13.8. The molecule has 0 atom stereocenters. The number of methoxy groups -OCH3 is 2. The quantitative estimate of drug-likeness (QED) is 0.612. The van der Waals surface area contributed by atoms with Gasteiger partial charge in [0.05, 0.1) is 14.2 Å². The Hall–Kier alpha value is -2.11. The van der Waals surface area contributed by atoms with Crippen LogP contribution in [0, 0.1) is 11.8 Å². The third-order valence-electron chi connectivity index (χ3n) is 4.79. The van der Waals surface area contributed by atoms with E-state index in [1.165, 1.54) is 0 Å². The van der Waals surface area contributed by atoms with Gasteiger partial charge in [0.1, 0.15) is 5.54 Å². The number of carbonyl (C=O) groups excluding carboxylic acids is 3. The van der Waals surface area contributed by atoms with E-state index >= 15 is 0 Å². The Morgan fingerprint density at radius 2 is 1.52 bits per heavy atom. The van der Waals surface area contributed by atoms with Crippen LogP contribution < -0.4 is 0 Å². The van der Waals surface area contributed by atoms with Crippen LogP contribution in [0.2, 0.25) is 0 Å². The average Bonchev–Trinajstić information content (AvgIpc) is 3.10. The molecular formula is C17H23NO5. The van der Waals surface area contributed by atoms with Crippen LogP contribution in [0.4, 0.5) is 0 Å². The number of hydrogen-bond donors (Lipinski definition) is 0. The summed E-state index contributed by atoms with van der Waals surface area (Å²) in [6.45, 7) is 2.14. The monoisotopic (exact) mass is 321 g/mol. The molecule has 2 rings (SSSR count). The Morgan fingerprint density at radius 3 is 1.96 bits per heavy atom. The smallest absolute Gasteiger partial charge is 0.327 e. The number of hydrogen-bond acceptors (Lipinski definition) is 5. The standard InChI is InChI=1S/C17H23NO5/c1-12-6-8-17(9-7-12,18-10-4-5-11-18)14(19)13(15(20)22-2)16(21)23-3/h4-5,10-13H,6-9H2,1-3H3/t12-,17+. The van der Waals surface area contributed by atoms with Crippen molar-refractivity contribution in [2.45, 2.75) is 38.1 Å². The van der Waals surface area contributed by atoms with E-state index in [9.17, 15) is 14.4 Å². The minimum absolute atomic E-state index is 0.445. The predicted octanol–water partition coefficient (Wildman–Crippen LogP) is 1.92. The highest BCUT2D eigenvalue weighted by Gasteiger charge is 2.50. The van der Waals surface area contributed by atoms with Crippen LogP contribution in [0.1, 0.15) is 32.6 Å². The lowest BCUT2D eigenvalue weighted by atomic mass is 9.71. The van der Waals surface area contributed by atoms with Crippen LogP contribution in [0.3, 0.4) is 0 Å². The van der Waals surface area contributed by atoms with Crippen molar-refractivity contribution in [3.8, 4) is 0 Å². The van der Waals surface area contributed by atoms with E-state index < -0.39 is 29.2 Å². The molecular weight excluding hydrogens is 298 g/mol. The van der Waals surface area contributed by atoms with Crippen LogP contribution >= 0.6 is 0 Å². The number of ketones is 1.